The molecule has 1 aliphatic carbocycles. The normalized spacial score (nSPS) is 10.0. The van der Waals surface area contributed by atoms with E-state index >= 15 is 0 Å². The molecule has 16 heavy (non-hydrogen) atoms. The van der Waals surface area contributed by atoms with Gasteiger partial charge < -0.3 is 20.0 Å². The van der Waals surface area contributed by atoms with Gasteiger partial charge in [-0.2, -0.15) is 0 Å². The molecule has 5 nitrogen and oxygen atoms in total. The van der Waals surface area contributed by atoms with Crippen molar-refractivity contribution in [3.8, 4) is 0 Å². The van der Waals surface area contributed by atoms with Gasteiger partial charge in [-0.15, -0.1) is 5.34 Å². The molecule has 0 saturated carbocycles. The van der Waals surface area contributed by atoms with Gasteiger partial charge in [-0.3, -0.25) is 0 Å². The van der Waals surface area contributed by atoms with Gasteiger partial charge in [-0.1, -0.05) is 18.2 Å². The smallest absolute Gasteiger partial charge is 0.545 e. The topological polar surface area (TPSA) is 92.6 Å². The van der Waals surface area contributed by atoms with E-state index in [4.69, 9.17) is 10.1 Å². The summed E-state index contributed by atoms with van der Waals surface area (Å²) in [5.41, 5.74) is 2.49. The number of benzene rings is 1. The van der Waals surface area contributed by atoms with Crippen LogP contribution in [0.3, 0.4) is 0 Å². The summed E-state index contributed by atoms with van der Waals surface area (Å²) in [7, 11) is 0. The monoisotopic (exact) mass is 239 g/mol. The van der Waals surface area contributed by atoms with Crippen molar-refractivity contribution in [2.75, 3.05) is 0 Å². The zero-order valence-electron chi connectivity index (χ0n) is 9.23. The maximum atomic E-state index is 10.5. The van der Waals surface area contributed by atoms with Crippen molar-refractivity contribution in [2.45, 2.75) is 12.8 Å². The average Bonchev–Trinajstić information content (AvgIpc) is 2.07. The number of rotatable bonds is 1. The van der Waals surface area contributed by atoms with Crippen molar-refractivity contribution in [1.29, 1.82) is 0 Å². The number of fused-ring (bicyclic) bond motifs is 1. The molecule has 0 fully saturated rings. The van der Waals surface area contributed by atoms with Crippen LogP contribution in [-0.4, -0.2) is 5.97 Å². The maximum absolute atomic E-state index is 10.5. The number of carbonyl (C=O) groups is 1. The Morgan fingerprint density at radius 1 is 1.25 bits per heavy atom. The summed E-state index contributed by atoms with van der Waals surface area (Å²) in [5, 5.41) is 19.5. The van der Waals surface area contributed by atoms with E-state index < -0.39 is 5.97 Å². The Morgan fingerprint density at radius 3 is 2.12 bits per heavy atom. The maximum Gasteiger partial charge on any atom is 1.00 e. The first kappa shape index (κ1) is 18.5. The van der Waals surface area contributed by atoms with E-state index in [2.05, 4.69) is 0 Å². The number of nitrogens with zero attached hydrogens (tertiary/aromatic N) is 1. The standard InChI is InChI=1S/C9H8O2.HNO2.2Na/c10-9(11)8-3-1-2-6-4-5-7(6)8;2-1-3;;/h1-3H,4-5H2,(H,10,11);(H,2,3);;/q;;2*+1/p-2. The molecule has 1 aliphatic rings. The van der Waals surface area contributed by atoms with Gasteiger partial charge in [0.2, 0.25) is 0 Å². The van der Waals surface area contributed by atoms with Gasteiger partial charge in [0.05, 0.1) is 5.97 Å². The molecule has 1 aromatic carbocycles. The van der Waals surface area contributed by atoms with Crippen LogP contribution in [0.25, 0.3) is 0 Å². The Bertz CT molecular complexity index is 371. The van der Waals surface area contributed by atoms with E-state index in [1.165, 1.54) is 0 Å². The van der Waals surface area contributed by atoms with Crippen LogP contribution in [0.1, 0.15) is 21.5 Å². The third-order valence-electron chi connectivity index (χ3n) is 2.14. The number of hydrogen-bond donors (Lipinski definition) is 0. The van der Waals surface area contributed by atoms with E-state index in [0.717, 1.165) is 29.3 Å². The molecule has 0 spiro atoms. The molecule has 2 rings (SSSR count). The van der Waals surface area contributed by atoms with Crippen LogP contribution in [0.15, 0.2) is 23.5 Å². The van der Waals surface area contributed by atoms with Crippen LogP contribution in [0.5, 0.6) is 0 Å². The van der Waals surface area contributed by atoms with Gasteiger partial charge >= 0.3 is 59.1 Å². The summed E-state index contributed by atoms with van der Waals surface area (Å²) in [6.45, 7) is 0. The Kier molecular flexibility index (Phi) is 10.6. The summed E-state index contributed by atoms with van der Waals surface area (Å²) < 4.78 is 0. The van der Waals surface area contributed by atoms with E-state index in [-0.39, 0.29) is 59.1 Å². The Balaban J connectivity index is 0. The third kappa shape index (κ3) is 4.53. The minimum absolute atomic E-state index is 0. The van der Waals surface area contributed by atoms with Crippen LogP contribution in [0, 0.1) is 10.1 Å². The van der Waals surface area contributed by atoms with Crippen LogP contribution >= 0.6 is 0 Å². The minimum atomic E-state index is -1.05. The van der Waals surface area contributed by atoms with Gasteiger partial charge in [0, 0.05) is 5.56 Å². The van der Waals surface area contributed by atoms with Crippen LogP contribution < -0.4 is 64.2 Å². The fourth-order valence-electron chi connectivity index (χ4n) is 1.44. The first-order chi connectivity index (χ1) is 6.70. The molecule has 0 unspecified atom stereocenters. The van der Waals surface area contributed by atoms with Crippen molar-refractivity contribution in [3.05, 3.63) is 45.0 Å². The zero-order chi connectivity index (χ0) is 10.6. The second kappa shape index (κ2) is 9.15. The SMILES string of the molecule is O=C([O-])c1cccc2c1CC2.O=N[O-].[Na+].[Na+]. The van der Waals surface area contributed by atoms with Gasteiger partial charge in [-0.05, 0) is 24.0 Å². The van der Waals surface area contributed by atoms with Crippen molar-refractivity contribution >= 4 is 5.97 Å². The van der Waals surface area contributed by atoms with E-state index in [9.17, 15) is 9.90 Å². The van der Waals surface area contributed by atoms with Gasteiger partial charge in [0.15, 0.2) is 0 Å². The zero-order valence-corrected chi connectivity index (χ0v) is 13.2. The quantitative estimate of drug-likeness (QED) is 0.277. The number of carboxylic acid groups (broad SMARTS) is 1. The fourth-order valence-corrected chi connectivity index (χ4v) is 1.44. The van der Waals surface area contributed by atoms with Crippen molar-refractivity contribution in [2.24, 2.45) is 5.34 Å². The van der Waals surface area contributed by atoms with Crippen LogP contribution in [-0.2, 0) is 12.8 Å². The molecule has 1 aromatic rings. The number of aryl methyl sites for hydroxylation is 1. The molecule has 7 heteroatoms. The van der Waals surface area contributed by atoms with Crippen molar-refractivity contribution in [1.82, 2.24) is 0 Å². The molecule has 0 amide bonds. The second-order valence-electron chi connectivity index (χ2n) is 2.81. The van der Waals surface area contributed by atoms with Crippen molar-refractivity contribution < 1.29 is 69.0 Å². The number of carboxylic acids is 1. The molecule has 0 bridgehead atoms. The number of hydrogen-bond acceptors (Lipinski definition) is 5. The van der Waals surface area contributed by atoms with E-state index in [1.54, 1.807) is 12.1 Å². The number of carbonyl (C=O) groups excluding carboxylic acids is 1. The van der Waals surface area contributed by atoms with Gasteiger partial charge in [0.1, 0.15) is 0 Å². The predicted octanol–water partition coefficient (Wildman–Crippen LogP) is -5.59. The summed E-state index contributed by atoms with van der Waals surface area (Å²) >= 11 is 0. The van der Waals surface area contributed by atoms with Gasteiger partial charge in [0.25, 0.3) is 0 Å². The first-order valence-corrected chi connectivity index (χ1v) is 3.97. The summed E-state index contributed by atoms with van der Waals surface area (Å²) in [6.07, 6.45) is 1.90. The van der Waals surface area contributed by atoms with Crippen molar-refractivity contribution in [3.63, 3.8) is 0 Å². The molecule has 0 N–H and O–H groups in total. The molecule has 0 aromatic heterocycles. The molecular formula is C9H7NNa2O4. The van der Waals surface area contributed by atoms with E-state index in [1.807, 2.05) is 6.07 Å². The van der Waals surface area contributed by atoms with Gasteiger partial charge in [-0.25, -0.2) is 0 Å². The summed E-state index contributed by atoms with van der Waals surface area (Å²) in [5.74, 6) is -1.05. The summed E-state index contributed by atoms with van der Waals surface area (Å²) in [4.78, 5) is 18.5. The van der Waals surface area contributed by atoms with Crippen LogP contribution in [0.2, 0.25) is 0 Å². The predicted molar refractivity (Wildman–Crippen MR) is 47.3 cm³/mol. The molecule has 0 aliphatic heterocycles. The molecule has 0 atom stereocenters. The largest absolute Gasteiger partial charge is 1.00 e. The van der Waals surface area contributed by atoms with Crippen LogP contribution in [0.4, 0.5) is 0 Å². The Morgan fingerprint density at radius 2 is 1.81 bits per heavy atom. The molecule has 0 heterocycles. The molecule has 0 saturated heterocycles. The first-order valence-electron chi connectivity index (χ1n) is 3.97. The minimum Gasteiger partial charge on any atom is -0.545 e. The molecule has 0 radical (unpaired) electrons. The molecular weight excluding hydrogens is 232 g/mol. The van der Waals surface area contributed by atoms with E-state index in [0.29, 0.717) is 5.56 Å². The Hall–Kier alpha value is 0.0900. The average molecular weight is 239 g/mol. The Labute approximate surface area is 137 Å². The molecule has 74 valence electrons. The second-order valence-corrected chi connectivity index (χ2v) is 2.81. The number of aromatic carboxylic acids is 1. The fraction of sp³-hybridized carbons (Fsp3) is 0.222. The summed E-state index contributed by atoms with van der Waals surface area (Å²) in [6, 6.07) is 5.34. The third-order valence-corrected chi connectivity index (χ3v) is 2.14.